The van der Waals surface area contributed by atoms with Crippen molar-refractivity contribution in [3.63, 3.8) is 0 Å². The normalized spacial score (nSPS) is 23.4. The molecule has 2 saturated heterocycles. The zero-order valence-electron chi connectivity index (χ0n) is 16.9. The van der Waals surface area contributed by atoms with Crippen molar-refractivity contribution in [2.45, 2.75) is 23.1 Å². The third-order valence-electron chi connectivity index (χ3n) is 5.90. The Bertz CT molecular complexity index is 971. The summed E-state index contributed by atoms with van der Waals surface area (Å²) in [5.41, 5.74) is 6.75. The van der Waals surface area contributed by atoms with Gasteiger partial charge in [-0.2, -0.15) is 4.31 Å². The van der Waals surface area contributed by atoms with E-state index in [0.29, 0.717) is 36.8 Å². The molecule has 2 aliphatic heterocycles. The van der Waals surface area contributed by atoms with Crippen LogP contribution in [0.1, 0.15) is 22.8 Å². The van der Waals surface area contributed by atoms with Crippen molar-refractivity contribution in [3.8, 4) is 0 Å². The Morgan fingerprint density at radius 2 is 1.83 bits per heavy atom. The Kier molecular flexibility index (Phi) is 6.54. The Labute approximate surface area is 181 Å². The van der Waals surface area contributed by atoms with Crippen molar-refractivity contribution in [2.24, 2.45) is 11.7 Å². The van der Waals surface area contributed by atoms with Crippen molar-refractivity contribution in [1.29, 1.82) is 0 Å². The summed E-state index contributed by atoms with van der Waals surface area (Å²) in [5, 5.41) is 3.26. The number of sulfonamides is 1. The summed E-state index contributed by atoms with van der Waals surface area (Å²) in [6, 6.07) is 13.3. The van der Waals surface area contributed by atoms with E-state index in [-0.39, 0.29) is 24.3 Å². The van der Waals surface area contributed by atoms with Crippen LogP contribution in [0, 0.1) is 5.92 Å². The van der Waals surface area contributed by atoms with Gasteiger partial charge in [0.15, 0.2) is 0 Å². The number of amides is 1. The number of rotatable bonds is 5. The van der Waals surface area contributed by atoms with Crippen molar-refractivity contribution in [3.05, 3.63) is 52.9 Å². The van der Waals surface area contributed by atoms with Crippen molar-refractivity contribution in [1.82, 2.24) is 14.5 Å². The van der Waals surface area contributed by atoms with Crippen molar-refractivity contribution in [2.75, 3.05) is 39.3 Å². The number of nitrogens with one attached hydrogen (secondary N) is 1. The summed E-state index contributed by atoms with van der Waals surface area (Å²) in [4.78, 5) is 16.0. The minimum atomic E-state index is -3.68. The molecule has 0 spiro atoms. The van der Waals surface area contributed by atoms with E-state index in [9.17, 15) is 13.2 Å². The molecule has 1 aromatic heterocycles. The molecule has 30 heavy (non-hydrogen) atoms. The maximum Gasteiger partial charge on any atom is 0.252 e. The summed E-state index contributed by atoms with van der Waals surface area (Å²) >= 11 is 1.21. The first kappa shape index (κ1) is 21.5. The van der Waals surface area contributed by atoms with Crippen LogP contribution < -0.4 is 11.1 Å². The van der Waals surface area contributed by atoms with Crippen LogP contribution in [0.4, 0.5) is 0 Å². The molecule has 4 rings (SSSR count). The van der Waals surface area contributed by atoms with E-state index in [1.807, 2.05) is 35.2 Å². The second-order valence-corrected chi connectivity index (χ2v) is 11.2. The number of thiophene rings is 1. The molecule has 0 radical (unpaired) electrons. The molecule has 2 unspecified atom stereocenters. The van der Waals surface area contributed by atoms with Gasteiger partial charge in [-0.3, -0.25) is 4.79 Å². The van der Waals surface area contributed by atoms with Crippen molar-refractivity contribution >= 4 is 27.3 Å². The van der Waals surface area contributed by atoms with Crippen LogP contribution >= 0.6 is 11.3 Å². The summed E-state index contributed by atoms with van der Waals surface area (Å²) in [6.07, 6.45) is 0.664. The number of nitrogens with two attached hydrogens (primary N) is 1. The largest absolute Gasteiger partial charge is 0.340 e. The lowest BCUT2D eigenvalue weighted by atomic mass is 9.85. The molecule has 7 nitrogen and oxygen atoms in total. The smallest absolute Gasteiger partial charge is 0.252 e. The van der Waals surface area contributed by atoms with E-state index in [0.717, 1.165) is 23.5 Å². The number of benzene rings is 1. The summed E-state index contributed by atoms with van der Waals surface area (Å²) < 4.78 is 28.6. The lowest BCUT2D eigenvalue weighted by Crippen LogP contribution is -2.53. The van der Waals surface area contributed by atoms with Gasteiger partial charge in [0, 0.05) is 50.7 Å². The molecule has 162 valence electrons. The predicted octanol–water partition coefficient (Wildman–Crippen LogP) is 1.43. The van der Waals surface area contributed by atoms with Crippen LogP contribution in [0.25, 0.3) is 0 Å². The highest BCUT2D eigenvalue weighted by Gasteiger charge is 2.40. The van der Waals surface area contributed by atoms with E-state index < -0.39 is 10.0 Å². The minimum Gasteiger partial charge on any atom is -0.340 e. The van der Waals surface area contributed by atoms with Crippen LogP contribution in [0.3, 0.4) is 0 Å². The molecule has 9 heteroatoms. The van der Waals surface area contributed by atoms with E-state index in [1.165, 1.54) is 15.6 Å². The first-order valence-electron chi connectivity index (χ1n) is 10.3. The third kappa shape index (κ3) is 4.45. The molecule has 3 heterocycles. The second kappa shape index (κ2) is 9.15. The molecular weight excluding hydrogens is 420 g/mol. The molecule has 2 atom stereocenters. The number of carbonyl (C=O) groups excluding carboxylic acids is 1. The number of carbonyl (C=O) groups is 1. The fourth-order valence-electron chi connectivity index (χ4n) is 4.28. The number of hydrogen-bond donors (Lipinski definition) is 2. The molecule has 3 N–H and O–H groups in total. The zero-order chi connectivity index (χ0) is 21.1. The third-order valence-corrected chi connectivity index (χ3v) is 9.30. The number of hydrogen-bond acceptors (Lipinski definition) is 6. The standard InChI is InChI=1S/C21H28N4O3S2/c22-13-19-6-7-20(29-19)30(27,28)25-14-17(16-4-2-1-3-5-16)12-18(15-25)21(26)24-10-8-23-9-11-24/h1-7,17-18,23H,8-15,22H2. The van der Waals surface area contributed by atoms with Crippen LogP contribution in [-0.2, 0) is 21.4 Å². The molecular formula is C21H28N4O3S2. The van der Waals surface area contributed by atoms with Gasteiger partial charge in [0.25, 0.3) is 10.0 Å². The summed E-state index contributed by atoms with van der Waals surface area (Å²) in [7, 11) is -3.68. The molecule has 0 aliphatic carbocycles. The molecule has 1 aromatic carbocycles. The van der Waals surface area contributed by atoms with Gasteiger partial charge in [-0.05, 0) is 30.0 Å². The van der Waals surface area contributed by atoms with Crippen LogP contribution in [0.5, 0.6) is 0 Å². The van der Waals surface area contributed by atoms with E-state index >= 15 is 0 Å². The molecule has 2 aromatic rings. The van der Waals surface area contributed by atoms with Crippen LogP contribution in [-0.4, -0.2) is 62.8 Å². The van der Waals surface area contributed by atoms with Gasteiger partial charge in [-0.1, -0.05) is 30.3 Å². The summed E-state index contributed by atoms with van der Waals surface area (Å²) in [5.74, 6) is -0.294. The van der Waals surface area contributed by atoms with E-state index in [4.69, 9.17) is 5.73 Å². The first-order chi connectivity index (χ1) is 14.5. The fourth-order valence-corrected chi connectivity index (χ4v) is 7.20. The molecule has 0 saturated carbocycles. The van der Waals surface area contributed by atoms with Gasteiger partial charge in [-0.25, -0.2) is 8.42 Å². The topological polar surface area (TPSA) is 95.7 Å². The fraction of sp³-hybridized carbons (Fsp3) is 0.476. The van der Waals surface area contributed by atoms with E-state index in [1.54, 1.807) is 12.1 Å². The molecule has 2 fully saturated rings. The van der Waals surface area contributed by atoms with Gasteiger partial charge in [0.1, 0.15) is 4.21 Å². The van der Waals surface area contributed by atoms with E-state index in [2.05, 4.69) is 5.32 Å². The maximum absolute atomic E-state index is 13.4. The van der Waals surface area contributed by atoms with Crippen molar-refractivity contribution < 1.29 is 13.2 Å². The molecule has 0 bridgehead atoms. The van der Waals surface area contributed by atoms with Crippen LogP contribution in [0.15, 0.2) is 46.7 Å². The molecule has 2 aliphatic rings. The zero-order valence-corrected chi connectivity index (χ0v) is 18.5. The Morgan fingerprint density at radius 1 is 1.10 bits per heavy atom. The van der Waals surface area contributed by atoms with Gasteiger partial charge in [0.05, 0.1) is 5.92 Å². The lowest BCUT2D eigenvalue weighted by molar-refractivity contribution is -0.137. The highest BCUT2D eigenvalue weighted by Crippen LogP contribution is 2.35. The van der Waals surface area contributed by atoms with Gasteiger partial charge < -0.3 is 16.0 Å². The summed E-state index contributed by atoms with van der Waals surface area (Å²) in [6.45, 7) is 3.82. The average Bonchev–Trinajstić information content (AvgIpc) is 3.30. The Balaban J connectivity index is 1.62. The monoisotopic (exact) mass is 448 g/mol. The SMILES string of the molecule is NCc1ccc(S(=O)(=O)N2CC(C(=O)N3CCNCC3)CC(c3ccccc3)C2)s1. The number of piperidine rings is 1. The van der Waals surface area contributed by atoms with Crippen LogP contribution in [0.2, 0.25) is 0 Å². The van der Waals surface area contributed by atoms with Gasteiger partial charge >= 0.3 is 0 Å². The number of nitrogens with zero attached hydrogens (tertiary/aromatic N) is 2. The maximum atomic E-state index is 13.4. The lowest BCUT2D eigenvalue weighted by Gasteiger charge is -2.39. The minimum absolute atomic E-state index is 0.0134. The highest BCUT2D eigenvalue weighted by molar-refractivity contribution is 7.91. The number of piperazine rings is 1. The van der Waals surface area contributed by atoms with Gasteiger partial charge in [-0.15, -0.1) is 11.3 Å². The average molecular weight is 449 g/mol. The Morgan fingerprint density at radius 3 is 2.50 bits per heavy atom. The molecule has 1 amide bonds. The quantitative estimate of drug-likeness (QED) is 0.722. The first-order valence-corrected chi connectivity index (χ1v) is 12.6. The second-order valence-electron chi connectivity index (χ2n) is 7.86. The highest BCUT2D eigenvalue weighted by atomic mass is 32.2. The predicted molar refractivity (Wildman–Crippen MR) is 118 cm³/mol. The van der Waals surface area contributed by atoms with Gasteiger partial charge in [0.2, 0.25) is 5.91 Å². The Hall–Kier alpha value is -1.78.